The zero-order valence-corrected chi connectivity index (χ0v) is 19.6. The van der Waals surface area contributed by atoms with Gasteiger partial charge in [0.05, 0.1) is 0 Å². The molecule has 0 amide bonds. The van der Waals surface area contributed by atoms with Crippen molar-refractivity contribution in [3.8, 4) is 5.75 Å². The fourth-order valence-electron chi connectivity index (χ4n) is 1.83. The molecular formula is C21H32ClOSTi. The zero-order valence-electron chi connectivity index (χ0n) is 16.5. The zero-order chi connectivity index (χ0) is 20.0. The monoisotopic (exact) mass is 415 g/mol. The summed E-state index contributed by atoms with van der Waals surface area (Å²) in [4.78, 5) is 0. The van der Waals surface area contributed by atoms with E-state index in [0.717, 1.165) is 11.1 Å². The van der Waals surface area contributed by atoms with Crippen molar-refractivity contribution >= 4 is 21.9 Å². The predicted molar refractivity (Wildman–Crippen MR) is 111 cm³/mol. The first kappa shape index (κ1) is 27.6. The van der Waals surface area contributed by atoms with Crippen LogP contribution in [0.25, 0.3) is 0 Å². The Kier molecular flexibility index (Phi) is 17.0. The van der Waals surface area contributed by atoms with Crippen molar-refractivity contribution in [2.45, 2.75) is 65.0 Å². The van der Waals surface area contributed by atoms with E-state index in [1.807, 2.05) is 71.1 Å². The second-order valence-corrected chi connectivity index (χ2v) is 8.39. The van der Waals surface area contributed by atoms with Crippen LogP contribution in [-0.4, -0.2) is 9.85 Å². The molecule has 0 aromatic heterocycles. The molecule has 2 rings (SSSR count). The Morgan fingerprint density at radius 3 is 1.28 bits per heavy atom. The molecule has 1 fully saturated rings. The normalized spacial score (nSPS) is 13.2. The molecule has 1 aromatic rings. The van der Waals surface area contributed by atoms with E-state index in [1.54, 1.807) is 0 Å². The van der Waals surface area contributed by atoms with Gasteiger partial charge in [0.1, 0.15) is 5.75 Å². The summed E-state index contributed by atoms with van der Waals surface area (Å²) in [6.45, 7) is 14.4. The van der Waals surface area contributed by atoms with Crippen LogP contribution in [0.1, 0.15) is 71.4 Å². The fourth-order valence-corrected chi connectivity index (χ4v) is 1.83. The van der Waals surface area contributed by atoms with Gasteiger partial charge in [-0.2, -0.15) is 4.75 Å². The molecule has 25 heavy (non-hydrogen) atoms. The number of benzene rings is 1. The van der Waals surface area contributed by atoms with Crippen LogP contribution in [0.5, 0.6) is 5.75 Å². The summed E-state index contributed by atoms with van der Waals surface area (Å²) in [7, 11) is 4.64. The third kappa shape index (κ3) is 16.3. The quantitative estimate of drug-likeness (QED) is 0.429. The van der Waals surface area contributed by atoms with E-state index < -0.39 is 0 Å². The molecule has 0 bridgehead atoms. The maximum atomic E-state index is 9.93. The minimum absolute atomic E-state index is 0.0833. The van der Waals surface area contributed by atoms with Crippen LogP contribution in [0.3, 0.4) is 0 Å². The van der Waals surface area contributed by atoms with Crippen molar-refractivity contribution in [3.05, 3.63) is 61.4 Å². The number of hydrogen-bond acceptors (Lipinski definition) is 2. The molecule has 1 N–H and O–H groups in total. The van der Waals surface area contributed by atoms with Gasteiger partial charge in [-0.1, -0.05) is 66.7 Å². The van der Waals surface area contributed by atoms with Gasteiger partial charge >= 0.3 is 28.7 Å². The fraction of sp³-hybridized carbons (Fsp3) is 0.476. The van der Waals surface area contributed by atoms with E-state index in [0.29, 0.717) is 17.6 Å². The number of para-hydroxylation sites is 1. The molecule has 1 saturated carbocycles. The second kappa shape index (κ2) is 15.4. The Morgan fingerprint density at radius 2 is 1.08 bits per heavy atom. The van der Waals surface area contributed by atoms with Crippen molar-refractivity contribution < 1.29 is 24.5 Å². The molecule has 4 heteroatoms. The van der Waals surface area contributed by atoms with Crippen LogP contribution in [-0.2, 0) is 32.0 Å². The number of phenols is 1. The van der Waals surface area contributed by atoms with Gasteiger partial charge in [-0.05, 0) is 55.1 Å². The Hall–Kier alpha value is 0.374. The van der Waals surface area contributed by atoms with Gasteiger partial charge in [0.25, 0.3) is 0 Å². The molecule has 0 aliphatic heterocycles. The Labute approximate surface area is 178 Å². The van der Waals surface area contributed by atoms with Crippen LogP contribution in [0.2, 0.25) is 0 Å². The van der Waals surface area contributed by atoms with Gasteiger partial charge in [0.15, 0.2) is 0 Å². The van der Waals surface area contributed by atoms with Crippen molar-refractivity contribution in [2.75, 3.05) is 0 Å². The van der Waals surface area contributed by atoms with Crippen LogP contribution < -0.4 is 0 Å². The summed E-state index contributed by atoms with van der Waals surface area (Å²) >= 11 is 6.30. The second-order valence-electron chi connectivity index (χ2n) is 7.17. The van der Waals surface area contributed by atoms with Crippen LogP contribution in [0.4, 0.5) is 0 Å². The maximum absolute atomic E-state index is 9.93. The van der Waals surface area contributed by atoms with Crippen molar-refractivity contribution in [1.82, 2.24) is 0 Å². The number of halogens is 1. The van der Waals surface area contributed by atoms with E-state index in [1.165, 1.54) is 19.4 Å². The van der Waals surface area contributed by atoms with Crippen molar-refractivity contribution in [3.63, 3.8) is 0 Å². The summed E-state index contributed by atoms with van der Waals surface area (Å²) in [6, 6.07) is 6.00. The summed E-state index contributed by atoms with van der Waals surface area (Å²) < 4.78 is 0.0833. The molecule has 0 atom stereocenters. The van der Waals surface area contributed by atoms with Gasteiger partial charge in [0, 0.05) is 0 Å². The van der Waals surface area contributed by atoms with Crippen LogP contribution in [0.15, 0.2) is 18.2 Å². The van der Waals surface area contributed by atoms with Gasteiger partial charge in [0.2, 0.25) is 0 Å². The molecule has 0 spiro atoms. The van der Waals surface area contributed by atoms with Gasteiger partial charge < -0.3 is 17.7 Å². The Morgan fingerprint density at radius 1 is 0.840 bits per heavy atom. The first-order valence-corrected chi connectivity index (χ1v) is 11.0. The summed E-state index contributed by atoms with van der Waals surface area (Å²) in [5.41, 5.74) is 2.09. The van der Waals surface area contributed by atoms with Crippen LogP contribution in [0, 0.1) is 32.1 Å². The number of aromatic hydroxyl groups is 1. The van der Waals surface area contributed by atoms with Gasteiger partial charge in [-0.15, -0.1) is 0 Å². The summed E-state index contributed by atoms with van der Waals surface area (Å²) in [5.74, 6) is 1.25. The molecule has 139 valence electrons. The number of hydrogen-bond donors (Lipinski definition) is 1. The third-order valence-corrected chi connectivity index (χ3v) is 2.90. The topological polar surface area (TPSA) is 20.2 Å². The third-order valence-electron chi connectivity index (χ3n) is 2.90. The van der Waals surface area contributed by atoms with E-state index in [-0.39, 0.29) is 4.75 Å². The number of phenolic OH excluding ortho intramolecular Hbond substituents is 1. The molecule has 1 nitrogen and oxygen atoms in total. The van der Waals surface area contributed by atoms with E-state index in [4.69, 9.17) is 12.6 Å². The van der Waals surface area contributed by atoms with E-state index >= 15 is 0 Å². The van der Waals surface area contributed by atoms with E-state index in [2.05, 4.69) is 37.0 Å². The van der Waals surface area contributed by atoms with Crippen LogP contribution >= 0.6 is 9.30 Å². The standard InChI is InChI=1S/C12H18O.C5H5.C4H10S.ClH.Ti/c1-8(2)10-6-5-7-11(9(3)4)12(10)13;1-2-4-5-3-1;1-4(2,3)5;;/h5-9,13H,1-4H3;1-5H;5H,1-3H3;1H;/q;;;;+2/p-2. The van der Waals surface area contributed by atoms with Gasteiger partial charge in [-0.25, -0.2) is 0 Å². The molecule has 1 aliphatic carbocycles. The minimum atomic E-state index is 0.0833. The van der Waals surface area contributed by atoms with Crippen molar-refractivity contribution in [1.29, 1.82) is 0 Å². The molecule has 1 aliphatic rings. The summed E-state index contributed by atoms with van der Waals surface area (Å²) in [6.07, 6.45) is 10.0. The SMILES string of the molecule is CC(C)(C)[S-].CC(C)c1cccc(C(C)C)c1O.[CH]1[CH][CH][CH][CH]1.[Cl][Ti+]. The Balaban J connectivity index is 0. The first-order chi connectivity index (χ1) is 11.5. The molecule has 0 unspecified atom stereocenters. The average molecular weight is 416 g/mol. The van der Waals surface area contributed by atoms with Gasteiger partial charge in [-0.3, -0.25) is 0 Å². The average Bonchev–Trinajstić information content (AvgIpc) is 3.06. The first-order valence-electron chi connectivity index (χ1n) is 8.41. The van der Waals surface area contributed by atoms with Crippen molar-refractivity contribution in [2.24, 2.45) is 0 Å². The Bertz CT molecular complexity index is 398. The molecule has 0 heterocycles. The molecule has 1 aromatic carbocycles. The molecule has 5 radical (unpaired) electrons. The molecular weight excluding hydrogens is 384 g/mol. The summed E-state index contributed by atoms with van der Waals surface area (Å²) in [5, 5.41) is 9.93. The van der Waals surface area contributed by atoms with E-state index in [9.17, 15) is 5.11 Å². The predicted octanol–water partition coefficient (Wildman–Crippen LogP) is 6.68. The molecule has 0 saturated heterocycles. The number of rotatable bonds is 2.